The fourth-order valence-electron chi connectivity index (χ4n) is 1.59. The highest BCUT2D eigenvalue weighted by atomic mass is 16.7. The molecule has 4 nitrogen and oxygen atoms in total. The highest BCUT2D eigenvalue weighted by molar-refractivity contribution is 5.77. The third-order valence-electron chi connectivity index (χ3n) is 2.58. The van der Waals surface area contributed by atoms with Crippen LogP contribution in [-0.2, 0) is 22.9 Å². The van der Waals surface area contributed by atoms with Crippen LogP contribution in [0.1, 0.15) is 18.1 Å². The van der Waals surface area contributed by atoms with Crippen molar-refractivity contribution < 1.29 is 9.68 Å². The maximum Gasteiger partial charge on any atom is 0.162 e. The number of hydroxylamine groups is 1. The van der Waals surface area contributed by atoms with E-state index in [2.05, 4.69) is 10.6 Å². The second-order valence-corrected chi connectivity index (χ2v) is 4.31. The Morgan fingerprint density at radius 1 is 0.900 bits per heavy atom. The average molecular weight is 270 g/mol. The van der Waals surface area contributed by atoms with E-state index in [9.17, 15) is 0 Å². The predicted octanol–water partition coefficient (Wildman–Crippen LogP) is 3.26. The molecule has 0 aromatic heterocycles. The van der Waals surface area contributed by atoms with Gasteiger partial charge in [-0.3, -0.25) is 4.84 Å². The van der Waals surface area contributed by atoms with Gasteiger partial charge in [0.1, 0.15) is 6.61 Å². The highest BCUT2D eigenvalue weighted by Crippen LogP contribution is 2.01. The number of rotatable bonds is 6. The van der Waals surface area contributed by atoms with Crippen molar-refractivity contribution in [3.05, 3.63) is 71.8 Å². The molecule has 0 spiro atoms. The smallest absolute Gasteiger partial charge is 0.162 e. The van der Waals surface area contributed by atoms with Crippen LogP contribution in [-0.4, -0.2) is 5.84 Å². The summed E-state index contributed by atoms with van der Waals surface area (Å²) in [4.78, 5) is 10.6. The van der Waals surface area contributed by atoms with Crippen LogP contribution in [0, 0.1) is 0 Å². The number of benzene rings is 2. The van der Waals surface area contributed by atoms with E-state index in [0.717, 1.165) is 11.1 Å². The van der Waals surface area contributed by atoms with E-state index in [0.29, 0.717) is 19.0 Å². The van der Waals surface area contributed by atoms with E-state index < -0.39 is 0 Å². The van der Waals surface area contributed by atoms with E-state index >= 15 is 0 Å². The van der Waals surface area contributed by atoms with Gasteiger partial charge in [-0.2, -0.15) is 0 Å². The minimum absolute atomic E-state index is 0.443. The zero-order chi connectivity index (χ0) is 14.0. The summed E-state index contributed by atoms with van der Waals surface area (Å²) in [6, 6.07) is 19.8. The molecule has 0 saturated heterocycles. The Morgan fingerprint density at radius 3 is 2.05 bits per heavy atom. The fraction of sp³-hybridized carbons (Fsp3) is 0.188. The molecule has 0 unspecified atom stereocenters. The van der Waals surface area contributed by atoms with Gasteiger partial charge in [0.2, 0.25) is 0 Å². The quantitative estimate of drug-likeness (QED) is 0.498. The lowest BCUT2D eigenvalue weighted by molar-refractivity contribution is 0.0625. The van der Waals surface area contributed by atoms with E-state index in [1.165, 1.54) is 0 Å². The lowest BCUT2D eigenvalue weighted by atomic mass is 10.2. The molecule has 0 heterocycles. The molecule has 0 aliphatic carbocycles. The van der Waals surface area contributed by atoms with Gasteiger partial charge in [-0.15, -0.1) is 0 Å². The number of oxime groups is 1. The van der Waals surface area contributed by atoms with Gasteiger partial charge in [0.25, 0.3) is 0 Å². The summed E-state index contributed by atoms with van der Waals surface area (Å²) >= 11 is 0. The molecule has 2 aromatic carbocycles. The maximum absolute atomic E-state index is 5.32. The Kier molecular flexibility index (Phi) is 5.61. The van der Waals surface area contributed by atoms with Crippen LogP contribution in [0.3, 0.4) is 0 Å². The fourth-order valence-corrected chi connectivity index (χ4v) is 1.59. The molecule has 0 atom stereocenters. The standard InChI is InChI=1S/C16H18N2O2/c1-14(17-19-12-15-8-4-2-5-9-15)18-20-13-16-10-6-3-7-11-16/h2-11H,12-13H2,1H3,(H,17,18). The van der Waals surface area contributed by atoms with Crippen molar-refractivity contribution in [2.75, 3.05) is 0 Å². The molecule has 0 aliphatic heterocycles. The van der Waals surface area contributed by atoms with Crippen molar-refractivity contribution in [1.82, 2.24) is 5.48 Å². The Balaban J connectivity index is 1.67. The Morgan fingerprint density at radius 2 is 1.45 bits per heavy atom. The number of nitrogens with one attached hydrogen (secondary N) is 1. The number of hydrogen-bond acceptors (Lipinski definition) is 3. The number of nitrogens with zero attached hydrogens (tertiary/aromatic N) is 1. The van der Waals surface area contributed by atoms with Crippen molar-refractivity contribution in [3.8, 4) is 0 Å². The number of amidine groups is 1. The maximum atomic E-state index is 5.32. The molecule has 104 valence electrons. The minimum atomic E-state index is 0.443. The van der Waals surface area contributed by atoms with Crippen molar-refractivity contribution >= 4 is 5.84 Å². The highest BCUT2D eigenvalue weighted by Gasteiger charge is 1.95. The summed E-state index contributed by atoms with van der Waals surface area (Å²) in [5.41, 5.74) is 4.92. The van der Waals surface area contributed by atoms with Crippen LogP contribution in [0.15, 0.2) is 65.8 Å². The van der Waals surface area contributed by atoms with Gasteiger partial charge in [0.05, 0.1) is 6.61 Å². The van der Waals surface area contributed by atoms with Crippen LogP contribution >= 0.6 is 0 Å². The summed E-state index contributed by atoms with van der Waals surface area (Å²) in [6.07, 6.45) is 0. The first kappa shape index (κ1) is 14.1. The SMILES string of the molecule is C/C(=N\OCc1ccccc1)NOCc1ccccc1. The number of hydrogen-bond donors (Lipinski definition) is 1. The first-order valence-electron chi connectivity index (χ1n) is 6.47. The normalized spacial score (nSPS) is 11.2. The zero-order valence-electron chi connectivity index (χ0n) is 11.5. The molecule has 2 rings (SSSR count). The summed E-state index contributed by atoms with van der Waals surface area (Å²) in [5.74, 6) is 0.580. The summed E-state index contributed by atoms with van der Waals surface area (Å²) in [7, 11) is 0. The molecule has 0 radical (unpaired) electrons. The van der Waals surface area contributed by atoms with E-state index in [1.807, 2.05) is 60.7 Å². The van der Waals surface area contributed by atoms with Gasteiger partial charge in [-0.1, -0.05) is 65.8 Å². The van der Waals surface area contributed by atoms with Crippen molar-refractivity contribution in [1.29, 1.82) is 0 Å². The Labute approximate surface area is 119 Å². The summed E-state index contributed by atoms with van der Waals surface area (Å²) < 4.78 is 0. The monoisotopic (exact) mass is 270 g/mol. The molecule has 0 aliphatic rings. The van der Waals surface area contributed by atoms with Gasteiger partial charge in [0.15, 0.2) is 5.84 Å². The minimum Gasteiger partial charge on any atom is -0.389 e. The molecule has 0 amide bonds. The molecule has 4 heteroatoms. The van der Waals surface area contributed by atoms with Crippen LogP contribution in [0.5, 0.6) is 0 Å². The van der Waals surface area contributed by atoms with E-state index in [-0.39, 0.29) is 0 Å². The predicted molar refractivity (Wildman–Crippen MR) is 78.7 cm³/mol. The second-order valence-electron chi connectivity index (χ2n) is 4.31. The third-order valence-corrected chi connectivity index (χ3v) is 2.58. The van der Waals surface area contributed by atoms with E-state index in [4.69, 9.17) is 9.68 Å². The molecule has 2 aromatic rings. The lowest BCUT2D eigenvalue weighted by Gasteiger charge is -2.06. The van der Waals surface area contributed by atoms with Crippen molar-refractivity contribution in [2.24, 2.45) is 5.16 Å². The Hall–Kier alpha value is -2.33. The van der Waals surface area contributed by atoms with Crippen molar-refractivity contribution in [2.45, 2.75) is 20.1 Å². The average Bonchev–Trinajstić information content (AvgIpc) is 2.49. The lowest BCUT2D eigenvalue weighted by Crippen LogP contribution is -2.20. The van der Waals surface area contributed by atoms with Gasteiger partial charge in [-0.05, 0) is 18.1 Å². The van der Waals surface area contributed by atoms with Gasteiger partial charge < -0.3 is 4.84 Å². The first-order valence-corrected chi connectivity index (χ1v) is 6.47. The van der Waals surface area contributed by atoms with E-state index in [1.54, 1.807) is 6.92 Å². The largest absolute Gasteiger partial charge is 0.389 e. The molecule has 0 fully saturated rings. The molecular weight excluding hydrogens is 252 g/mol. The topological polar surface area (TPSA) is 42.8 Å². The van der Waals surface area contributed by atoms with Gasteiger partial charge in [-0.25, -0.2) is 5.48 Å². The third kappa shape index (κ3) is 5.12. The summed E-state index contributed by atoms with van der Waals surface area (Å²) in [5, 5.41) is 3.93. The summed E-state index contributed by atoms with van der Waals surface area (Å²) in [6.45, 7) is 2.71. The van der Waals surface area contributed by atoms with Gasteiger partial charge >= 0.3 is 0 Å². The zero-order valence-corrected chi connectivity index (χ0v) is 11.5. The first-order chi connectivity index (χ1) is 9.84. The molecule has 0 bridgehead atoms. The molecular formula is C16H18N2O2. The molecule has 1 N–H and O–H groups in total. The van der Waals surface area contributed by atoms with Crippen LogP contribution in [0.25, 0.3) is 0 Å². The van der Waals surface area contributed by atoms with Crippen molar-refractivity contribution in [3.63, 3.8) is 0 Å². The molecule has 0 saturated carbocycles. The second kappa shape index (κ2) is 7.96. The van der Waals surface area contributed by atoms with Gasteiger partial charge in [0, 0.05) is 0 Å². The van der Waals surface area contributed by atoms with Crippen LogP contribution < -0.4 is 5.48 Å². The van der Waals surface area contributed by atoms with Crippen LogP contribution in [0.2, 0.25) is 0 Å². The molecule has 20 heavy (non-hydrogen) atoms. The van der Waals surface area contributed by atoms with Crippen LogP contribution in [0.4, 0.5) is 0 Å². The Bertz CT molecular complexity index is 527.